The Hall–Kier alpha value is -0.910. The van der Waals surface area contributed by atoms with Gasteiger partial charge in [-0.3, -0.25) is 0 Å². The molecule has 1 N–H and O–H groups in total. The molecule has 0 aromatic carbocycles. The first-order valence-electron chi connectivity index (χ1n) is 6.32. The summed E-state index contributed by atoms with van der Waals surface area (Å²) in [7, 11) is 0. The number of hydrogen-bond acceptors (Lipinski definition) is 4. The van der Waals surface area contributed by atoms with Crippen LogP contribution < -0.4 is 4.90 Å². The van der Waals surface area contributed by atoms with E-state index in [1.54, 1.807) is 17.5 Å². The van der Waals surface area contributed by atoms with Gasteiger partial charge in [0.15, 0.2) is 0 Å². The quantitative estimate of drug-likeness (QED) is 0.905. The molecule has 1 aliphatic carbocycles. The van der Waals surface area contributed by atoms with E-state index in [-0.39, 0.29) is 6.61 Å². The van der Waals surface area contributed by atoms with E-state index >= 15 is 0 Å². The maximum atomic E-state index is 9.54. The minimum atomic E-state index is 0.0232. The third-order valence-corrected chi connectivity index (χ3v) is 4.54. The van der Waals surface area contributed by atoms with Crippen LogP contribution in [0.15, 0.2) is 34.2 Å². The molecule has 2 aromatic rings. The van der Waals surface area contributed by atoms with Gasteiger partial charge in [-0.2, -0.15) is 0 Å². The lowest BCUT2D eigenvalue weighted by atomic mass is 10.2. The first-order valence-corrected chi connectivity index (χ1v) is 7.99. The summed E-state index contributed by atoms with van der Waals surface area (Å²) in [4.78, 5) is 8.17. The lowest BCUT2D eigenvalue weighted by molar-refractivity contribution is 0.281. The Morgan fingerprint density at radius 2 is 2.32 bits per heavy atom. The number of aliphatic hydroxyl groups is 1. The smallest absolute Gasteiger partial charge is 0.134 e. The molecule has 0 aliphatic heterocycles. The first-order chi connectivity index (χ1) is 9.28. The van der Waals surface area contributed by atoms with Crippen LogP contribution in [0.3, 0.4) is 0 Å². The SMILES string of the molecule is OCc1cc(Br)cnc1N(Cc1cccs1)C1CC1. The number of hydrogen-bond donors (Lipinski definition) is 1. The molecule has 2 aromatic heterocycles. The summed E-state index contributed by atoms with van der Waals surface area (Å²) in [6.45, 7) is 0.902. The fourth-order valence-corrected chi connectivity index (χ4v) is 3.26. The van der Waals surface area contributed by atoms with Crippen molar-refractivity contribution in [1.29, 1.82) is 0 Å². The van der Waals surface area contributed by atoms with Gasteiger partial charge in [0, 0.05) is 27.2 Å². The van der Waals surface area contributed by atoms with Crippen molar-refractivity contribution in [2.75, 3.05) is 4.90 Å². The summed E-state index contributed by atoms with van der Waals surface area (Å²) in [5.74, 6) is 0.918. The van der Waals surface area contributed by atoms with E-state index in [1.165, 1.54) is 17.7 Å². The van der Waals surface area contributed by atoms with Crippen molar-refractivity contribution < 1.29 is 5.11 Å². The highest BCUT2D eigenvalue weighted by Gasteiger charge is 2.31. The summed E-state index contributed by atoms with van der Waals surface area (Å²) in [5, 5.41) is 11.6. The summed E-state index contributed by atoms with van der Waals surface area (Å²) < 4.78 is 0.909. The van der Waals surface area contributed by atoms with E-state index in [4.69, 9.17) is 0 Å². The molecule has 1 aliphatic rings. The molecule has 0 amide bonds. The van der Waals surface area contributed by atoms with Crippen LogP contribution in [0, 0.1) is 0 Å². The van der Waals surface area contributed by atoms with E-state index in [2.05, 4.69) is 43.3 Å². The zero-order valence-corrected chi connectivity index (χ0v) is 12.8. The monoisotopic (exact) mass is 338 g/mol. The summed E-state index contributed by atoms with van der Waals surface area (Å²) in [5.41, 5.74) is 0.887. The van der Waals surface area contributed by atoms with Crippen LogP contribution in [0.2, 0.25) is 0 Å². The van der Waals surface area contributed by atoms with Crippen molar-refractivity contribution in [3.8, 4) is 0 Å². The maximum Gasteiger partial charge on any atom is 0.134 e. The molecule has 2 heterocycles. The van der Waals surface area contributed by atoms with Crippen LogP contribution in [0.1, 0.15) is 23.3 Å². The number of rotatable bonds is 5. The predicted molar refractivity (Wildman–Crippen MR) is 81.4 cm³/mol. The second-order valence-corrected chi connectivity index (χ2v) is 6.68. The Morgan fingerprint density at radius 1 is 1.47 bits per heavy atom. The van der Waals surface area contributed by atoms with Gasteiger partial charge in [0.25, 0.3) is 0 Å². The molecule has 0 bridgehead atoms. The Labute approximate surface area is 125 Å². The van der Waals surface area contributed by atoms with Crippen LogP contribution in [-0.4, -0.2) is 16.1 Å². The van der Waals surface area contributed by atoms with Crippen LogP contribution in [0.5, 0.6) is 0 Å². The highest BCUT2D eigenvalue weighted by Crippen LogP contribution is 2.35. The van der Waals surface area contributed by atoms with Gasteiger partial charge in [-0.1, -0.05) is 6.07 Å². The van der Waals surface area contributed by atoms with Crippen molar-refractivity contribution in [1.82, 2.24) is 4.98 Å². The molecule has 5 heteroatoms. The molecule has 3 rings (SSSR count). The topological polar surface area (TPSA) is 36.4 Å². The third kappa shape index (κ3) is 2.99. The average Bonchev–Trinajstić information content (AvgIpc) is 3.13. The Morgan fingerprint density at radius 3 is 2.95 bits per heavy atom. The second-order valence-electron chi connectivity index (χ2n) is 4.73. The van der Waals surface area contributed by atoms with E-state index in [0.29, 0.717) is 6.04 Å². The maximum absolute atomic E-state index is 9.54. The number of halogens is 1. The van der Waals surface area contributed by atoms with Crippen molar-refractivity contribution in [3.05, 3.63) is 44.7 Å². The molecule has 1 saturated carbocycles. The number of nitrogens with zero attached hydrogens (tertiary/aromatic N) is 2. The molecule has 0 spiro atoms. The molecule has 19 heavy (non-hydrogen) atoms. The second kappa shape index (κ2) is 5.61. The van der Waals surface area contributed by atoms with Gasteiger partial charge in [0.2, 0.25) is 0 Å². The minimum absolute atomic E-state index is 0.0232. The van der Waals surface area contributed by atoms with E-state index in [1.807, 2.05) is 6.07 Å². The predicted octanol–water partition coefficient (Wildman–Crippen LogP) is 3.57. The Kier molecular flexibility index (Phi) is 3.86. The van der Waals surface area contributed by atoms with Gasteiger partial charge in [0.05, 0.1) is 13.2 Å². The first kappa shape index (κ1) is 13.1. The number of anilines is 1. The molecular weight excluding hydrogens is 324 g/mol. The van der Waals surface area contributed by atoms with Gasteiger partial charge in [-0.05, 0) is 46.3 Å². The zero-order valence-electron chi connectivity index (χ0n) is 10.4. The van der Waals surface area contributed by atoms with Crippen LogP contribution in [0.4, 0.5) is 5.82 Å². The number of pyridine rings is 1. The van der Waals surface area contributed by atoms with Crippen LogP contribution >= 0.6 is 27.3 Å². The minimum Gasteiger partial charge on any atom is -0.392 e. The summed E-state index contributed by atoms with van der Waals surface area (Å²) in [6, 6.07) is 6.75. The Balaban J connectivity index is 1.91. The van der Waals surface area contributed by atoms with E-state index in [9.17, 15) is 5.11 Å². The lowest BCUT2D eigenvalue weighted by Crippen LogP contribution is -2.26. The standard InChI is InChI=1S/C14H15BrN2OS/c15-11-6-10(9-18)14(16-7-11)17(12-3-4-12)8-13-2-1-5-19-13/h1-2,5-7,12,18H,3-4,8-9H2. The van der Waals surface area contributed by atoms with Crippen molar-refractivity contribution in [2.24, 2.45) is 0 Å². The van der Waals surface area contributed by atoms with Crippen molar-refractivity contribution in [2.45, 2.75) is 32.0 Å². The largest absolute Gasteiger partial charge is 0.392 e. The van der Waals surface area contributed by atoms with Crippen molar-refractivity contribution >= 4 is 33.1 Å². The highest BCUT2D eigenvalue weighted by molar-refractivity contribution is 9.10. The molecule has 100 valence electrons. The molecule has 0 atom stereocenters. The normalized spacial score (nSPS) is 14.6. The fourth-order valence-electron chi connectivity index (χ4n) is 2.18. The third-order valence-electron chi connectivity index (χ3n) is 3.25. The Bertz CT molecular complexity index is 555. The van der Waals surface area contributed by atoms with E-state index in [0.717, 1.165) is 22.4 Å². The van der Waals surface area contributed by atoms with Gasteiger partial charge in [-0.25, -0.2) is 4.98 Å². The number of aliphatic hydroxyl groups excluding tert-OH is 1. The van der Waals surface area contributed by atoms with Crippen LogP contribution in [-0.2, 0) is 13.2 Å². The summed E-state index contributed by atoms with van der Waals surface area (Å²) >= 11 is 5.18. The molecular formula is C14H15BrN2OS. The molecule has 1 fully saturated rings. The average molecular weight is 339 g/mol. The lowest BCUT2D eigenvalue weighted by Gasteiger charge is -2.25. The van der Waals surface area contributed by atoms with Crippen molar-refractivity contribution in [3.63, 3.8) is 0 Å². The highest BCUT2D eigenvalue weighted by atomic mass is 79.9. The van der Waals surface area contributed by atoms with Crippen LogP contribution in [0.25, 0.3) is 0 Å². The zero-order chi connectivity index (χ0) is 13.2. The van der Waals surface area contributed by atoms with Gasteiger partial charge < -0.3 is 10.0 Å². The van der Waals surface area contributed by atoms with E-state index < -0.39 is 0 Å². The van der Waals surface area contributed by atoms with Gasteiger partial charge >= 0.3 is 0 Å². The fraction of sp³-hybridized carbons (Fsp3) is 0.357. The van der Waals surface area contributed by atoms with Gasteiger partial charge in [0.1, 0.15) is 5.82 Å². The molecule has 0 saturated heterocycles. The number of thiophene rings is 1. The number of aromatic nitrogens is 1. The molecule has 0 radical (unpaired) electrons. The summed E-state index contributed by atoms with van der Waals surface area (Å²) in [6.07, 6.45) is 4.24. The van der Waals surface area contributed by atoms with Gasteiger partial charge in [-0.15, -0.1) is 11.3 Å². The molecule has 0 unspecified atom stereocenters. The molecule has 3 nitrogen and oxygen atoms in total.